The van der Waals surface area contributed by atoms with E-state index >= 15 is 0 Å². The summed E-state index contributed by atoms with van der Waals surface area (Å²) >= 11 is 7.16. The molecule has 0 aliphatic rings. The van der Waals surface area contributed by atoms with E-state index in [9.17, 15) is 0 Å². The van der Waals surface area contributed by atoms with Gasteiger partial charge in [-0.2, -0.15) is 0 Å². The number of aryl methyl sites for hydroxylation is 2. The number of thiazole rings is 1. The third-order valence-corrected chi connectivity index (χ3v) is 3.27. The molecule has 3 nitrogen and oxygen atoms in total. The fourth-order valence-corrected chi connectivity index (χ4v) is 2.22. The van der Waals surface area contributed by atoms with E-state index in [0.717, 1.165) is 19.4 Å². The number of rotatable bonds is 4. The maximum Gasteiger partial charge on any atom is 0.181 e. The maximum atomic E-state index is 7.61. The lowest BCUT2D eigenvalue weighted by atomic mass is 10.1. The Kier molecular flexibility index (Phi) is 3.74. The molecule has 16 heavy (non-hydrogen) atoms. The van der Waals surface area contributed by atoms with Crippen molar-refractivity contribution in [2.45, 2.75) is 19.4 Å². The molecule has 2 aromatic heterocycles. The molecule has 0 aliphatic heterocycles. The minimum atomic E-state index is 0.532. The van der Waals surface area contributed by atoms with Crippen LogP contribution in [-0.2, 0) is 13.0 Å². The summed E-state index contributed by atoms with van der Waals surface area (Å²) in [6.45, 7) is 0.880. The van der Waals surface area contributed by atoms with Crippen LogP contribution in [0.2, 0.25) is 5.15 Å². The normalized spacial score (nSPS) is 10.6. The molecule has 0 saturated carbocycles. The third-order valence-electron chi connectivity index (χ3n) is 2.33. The Morgan fingerprint density at radius 3 is 2.94 bits per heavy atom. The van der Waals surface area contributed by atoms with E-state index in [-0.39, 0.29) is 0 Å². The van der Waals surface area contributed by atoms with Crippen LogP contribution >= 0.6 is 22.9 Å². The Bertz CT molecular complexity index is 500. The highest BCUT2D eigenvalue weighted by Crippen LogP contribution is 2.07. The molecule has 0 radical (unpaired) electrons. The molecule has 0 aliphatic carbocycles. The van der Waals surface area contributed by atoms with Gasteiger partial charge in [-0.3, -0.25) is 5.41 Å². The molecule has 2 aromatic rings. The van der Waals surface area contributed by atoms with Gasteiger partial charge in [0, 0.05) is 24.3 Å². The molecular formula is C11H12ClN3S. The molecule has 1 N–H and O–H groups in total. The van der Waals surface area contributed by atoms with Crippen LogP contribution in [0.5, 0.6) is 0 Å². The van der Waals surface area contributed by atoms with Gasteiger partial charge in [0.05, 0.1) is 0 Å². The highest BCUT2D eigenvalue weighted by atomic mass is 35.5. The number of nitrogens with zero attached hydrogens (tertiary/aromatic N) is 2. The van der Waals surface area contributed by atoms with E-state index in [4.69, 9.17) is 17.0 Å². The van der Waals surface area contributed by atoms with Crippen LogP contribution in [0.3, 0.4) is 0 Å². The van der Waals surface area contributed by atoms with Gasteiger partial charge < -0.3 is 4.57 Å². The fraction of sp³-hybridized carbons (Fsp3) is 0.273. The number of pyridine rings is 1. The van der Waals surface area contributed by atoms with Crippen LogP contribution in [0.25, 0.3) is 0 Å². The van der Waals surface area contributed by atoms with Gasteiger partial charge in [-0.1, -0.05) is 17.7 Å². The van der Waals surface area contributed by atoms with Crippen LogP contribution in [0.4, 0.5) is 0 Å². The monoisotopic (exact) mass is 253 g/mol. The van der Waals surface area contributed by atoms with Gasteiger partial charge in [-0.25, -0.2) is 4.98 Å². The summed E-state index contributed by atoms with van der Waals surface area (Å²) in [5, 5.41) is 10.1. The minimum Gasteiger partial charge on any atom is -0.324 e. The zero-order valence-corrected chi connectivity index (χ0v) is 10.3. The third kappa shape index (κ3) is 2.93. The average molecular weight is 254 g/mol. The Labute approximate surface area is 103 Å². The second kappa shape index (κ2) is 5.27. The maximum absolute atomic E-state index is 7.61. The topological polar surface area (TPSA) is 41.7 Å². The van der Waals surface area contributed by atoms with Crippen molar-refractivity contribution in [3.63, 3.8) is 0 Å². The molecule has 2 heterocycles. The van der Waals surface area contributed by atoms with Gasteiger partial charge in [0.25, 0.3) is 0 Å². The Balaban J connectivity index is 1.87. The number of halogens is 1. The van der Waals surface area contributed by atoms with Gasteiger partial charge >= 0.3 is 0 Å². The lowest BCUT2D eigenvalue weighted by molar-refractivity contribution is 0.623. The molecule has 2 rings (SSSR count). The van der Waals surface area contributed by atoms with Gasteiger partial charge in [0.1, 0.15) is 5.15 Å². The quantitative estimate of drug-likeness (QED) is 0.837. The lowest BCUT2D eigenvalue weighted by Gasteiger charge is -2.02. The van der Waals surface area contributed by atoms with Crippen molar-refractivity contribution < 1.29 is 0 Å². The molecule has 5 heteroatoms. The summed E-state index contributed by atoms with van der Waals surface area (Å²) < 4.78 is 1.95. The zero-order valence-electron chi connectivity index (χ0n) is 8.69. The molecule has 0 saturated heterocycles. The van der Waals surface area contributed by atoms with Crippen LogP contribution in [0, 0.1) is 5.41 Å². The van der Waals surface area contributed by atoms with Gasteiger partial charge in [-0.15, -0.1) is 11.3 Å². The molecular weight excluding hydrogens is 242 g/mol. The Morgan fingerprint density at radius 2 is 2.31 bits per heavy atom. The van der Waals surface area contributed by atoms with Crippen molar-refractivity contribution in [3.8, 4) is 0 Å². The van der Waals surface area contributed by atoms with Gasteiger partial charge in [0.2, 0.25) is 0 Å². The van der Waals surface area contributed by atoms with Gasteiger partial charge in [-0.05, 0) is 24.5 Å². The van der Waals surface area contributed by atoms with Crippen LogP contribution in [0.15, 0.2) is 29.9 Å². The number of aromatic nitrogens is 2. The highest BCUT2D eigenvalue weighted by Gasteiger charge is 1.97. The predicted octanol–water partition coefficient (Wildman–Crippen LogP) is 2.71. The van der Waals surface area contributed by atoms with Crippen LogP contribution < -0.4 is 4.80 Å². The summed E-state index contributed by atoms with van der Waals surface area (Å²) in [6, 6.07) is 3.81. The van der Waals surface area contributed by atoms with Gasteiger partial charge in [0.15, 0.2) is 4.80 Å². The van der Waals surface area contributed by atoms with Crippen molar-refractivity contribution in [1.29, 1.82) is 5.41 Å². The Morgan fingerprint density at radius 1 is 1.44 bits per heavy atom. The summed E-state index contributed by atoms with van der Waals surface area (Å²) in [4.78, 5) is 4.64. The van der Waals surface area contributed by atoms with E-state index in [1.54, 1.807) is 0 Å². The molecule has 0 spiro atoms. The fourth-order valence-electron chi connectivity index (χ4n) is 1.49. The first-order valence-electron chi connectivity index (χ1n) is 5.04. The standard InChI is InChI=1S/C11H12ClN3S/c12-10-4-3-9(8-14-10)2-1-5-15-6-7-16-11(15)13/h3-4,6-8,13H,1-2,5H2. The molecule has 0 bridgehead atoms. The molecule has 0 aromatic carbocycles. The molecule has 84 valence electrons. The molecule has 0 fully saturated rings. The van der Waals surface area contributed by atoms with Crippen molar-refractivity contribution in [2.24, 2.45) is 0 Å². The SMILES string of the molecule is N=c1sccn1CCCc1ccc(Cl)nc1. The Hall–Kier alpha value is -1.13. The van der Waals surface area contributed by atoms with Crippen molar-refractivity contribution >= 4 is 22.9 Å². The van der Waals surface area contributed by atoms with Crippen LogP contribution in [0.1, 0.15) is 12.0 Å². The number of hydrogen-bond donors (Lipinski definition) is 1. The number of hydrogen-bond acceptors (Lipinski definition) is 3. The van der Waals surface area contributed by atoms with Crippen LogP contribution in [-0.4, -0.2) is 9.55 Å². The molecule has 0 unspecified atom stereocenters. The first kappa shape index (κ1) is 11.4. The summed E-state index contributed by atoms with van der Waals surface area (Å²) in [7, 11) is 0. The van der Waals surface area contributed by atoms with E-state index in [1.807, 2.05) is 34.5 Å². The van der Waals surface area contributed by atoms with Crippen molar-refractivity contribution in [2.75, 3.05) is 0 Å². The number of nitrogens with one attached hydrogen (secondary N) is 1. The first-order chi connectivity index (χ1) is 7.75. The smallest absolute Gasteiger partial charge is 0.181 e. The summed E-state index contributed by atoms with van der Waals surface area (Å²) in [5.74, 6) is 0. The van der Waals surface area contributed by atoms with E-state index < -0.39 is 0 Å². The minimum absolute atomic E-state index is 0.532. The van der Waals surface area contributed by atoms with E-state index in [0.29, 0.717) is 9.95 Å². The first-order valence-corrected chi connectivity index (χ1v) is 6.30. The second-order valence-corrected chi connectivity index (χ2v) is 4.78. The van der Waals surface area contributed by atoms with Crippen molar-refractivity contribution in [1.82, 2.24) is 9.55 Å². The predicted molar refractivity (Wildman–Crippen MR) is 65.7 cm³/mol. The summed E-state index contributed by atoms with van der Waals surface area (Å²) in [5.41, 5.74) is 1.19. The highest BCUT2D eigenvalue weighted by molar-refractivity contribution is 7.06. The van der Waals surface area contributed by atoms with Crippen molar-refractivity contribution in [3.05, 3.63) is 45.4 Å². The molecule has 0 atom stereocenters. The zero-order chi connectivity index (χ0) is 11.4. The largest absolute Gasteiger partial charge is 0.324 e. The summed E-state index contributed by atoms with van der Waals surface area (Å²) in [6.07, 6.45) is 5.73. The molecule has 0 amide bonds. The van der Waals surface area contributed by atoms with E-state index in [1.165, 1.54) is 16.9 Å². The van der Waals surface area contributed by atoms with E-state index in [2.05, 4.69) is 4.98 Å². The second-order valence-electron chi connectivity index (χ2n) is 3.49. The average Bonchev–Trinajstić information content (AvgIpc) is 2.68. The lowest BCUT2D eigenvalue weighted by Crippen LogP contribution is -2.12.